The van der Waals surface area contributed by atoms with Gasteiger partial charge in [-0.25, -0.2) is 0 Å². The molecule has 1 fully saturated rings. The van der Waals surface area contributed by atoms with E-state index in [1.165, 1.54) is 12.0 Å². The molecule has 0 saturated carbocycles. The standard InChI is InChI=1S/C18H28N2O2.ClH/c1-22-14-13-20(12-10-16-5-3-2-4-6-16)18(21)8-7-17-9-11-19-15-17;/h2-6,17,19H,7-15H2,1H3;1H. The van der Waals surface area contributed by atoms with Crippen molar-refractivity contribution in [3.05, 3.63) is 35.9 Å². The molecule has 2 rings (SSSR count). The van der Waals surface area contributed by atoms with E-state index in [0.717, 1.165) is 32.5 Å². The van der Waals surface area contributed by atoms with E-state index < -0.39 is 0 Å². The molecule has 0 aliphatic carbocycles. The summed E-state index contributed by atoms with van der Waals surface area (Å²) in [5.41, 5.74) is 1.28. The van der Waals surface area contributed by atoms with Crippen LogP contribution < -0.4 is 5.32 Å². The Hall–Kier alpha value is -1.10. The number of nitrogens with zero attached hydrogens (tertiary/aromatic N) is 1. The maximum absolute atomic E-state index is 12.5. The highest BCUT2D eigenvalue weighted by Gasteiger charge is 2.18. The third-order valence-corrected chi connectivity index (χ3v) is 4.36. The normalized spacial score (nSPS) is 16.8. The van der Waals surface area contributed by atoms with Crippen molar-refractivity contribution in [2.24, 2.45) is 5.92 Å². The van der Waals surface area contributed by atoms with Crippen molar-refractivity contribution in [1.82, 2.24) is 10.2 Å². The van der Waals surface area contributed by atoms with Gasteiger partial charge in [-0.15, -0.1) is 12.4 Å². The van der Waals surface area contributed by atoms with Crippen LogP contribution in [0.5, 0.6) is 0 Å². The number of methoxy groups -OCH3 is 1. The second-order valence-corrected chi connectivity index (χ2v) is 6.01. The minimum atomic E-state index is 0. The molecular formula is C18H29ClN2O2. The third kappa shape index (κ3) is 7.34. The van der Waals surface area contributed by atoms with Crippen LogP contribution in [0.3, 0.4) is 0 Å². The predicted octanol–water partition coefficient (Wildman–Crippen LogP) is 2.52. The fraction of sp³-hybridized carbons (Fsp3) is 0.611. The summed E-state index contributed by atoms with van der Waals surface area (Å²) in [6.07, 6.45) is 3.77. The van der Waals surface area contributed by atoms with Crippen LogP contribution in [0, 0.1) is 5.92 Å². The summed E-state index contributed by atoms with van der Waals surface area (Å²) in [5, 5.41) is 3.36. The Bertz CT molecular complexity index is 436. The van der Waals surface area contributed by atoms with E-state index in [0.29, 0.717) is 25.5 Å². The molecule has 1 saturated heterocycles. The van der Waals surface area contributed by atoms with Crippen molar-refractivity contribution in [3.63, 3.8) is 0 Å². The molecule has 1 atom stereocenters. The van der Waals surface area contributed by atoms with Crippen molar-refractivity contribution in [3.8, 4) is 0 Å². The van der Waals surface area contributed by atoms with Gasteiger partial charge in [-0.3, -0.25) is 4.79 Å². The van der Waals surface area contributed by atoms with Crippen molar-refractivity contribution >= 4 is 18.3 Å². The summed E-state index contributed by atoms with van der Waals surface area (Å²) in [4.78, 5) is 14.4. The van der Waals surface area contributed by atoms with Crippen molar-refractivity contribution in [1.29, 1.82) is 0 Å². The highest BCUT2D eigenvalue weighted by molar-refractivity contribution is 5.85. The minimum absolute atomic E-state index is 0. The third-order valence-electron chi connectivity index (χ3n) is 4.36. The molecule has 1 N–H and O–H groups in total. The Kier molecular flexibility index (Phi) is 9.92. The van der Waals surface area contributed by atoms with Gasteiger partial charge in [0.1, 0.15) is 0 Å². The molecule has 23 heavy (non-hydrogen) atoms. The quantitative estimate of drug-likeness (QED) is 0.751. The zero-order chi connectivity index (χ0) is 15.6. The highest BCUT2D eigenvalue weighted by atomic mass is 35.5. The second-order valence-electron chi connectivity index (χ2n) is 6.01. The highest BCUT2D eigenvalue weighted by Crippen LogP contribution is 2.15. The Labute approximate surface area is 146 Å². The number of amides is 1. The van der Waals surface area contributed by atoms with E-state index in [1.807, 2.05) is 23.1 Å². The van der Waals surface area contributed by atoms with Crippen LogP contribution in [0.1, 0.15) is 24.8 Å². The fourth-order valence-corrected chi connectivity index (χ4v) is 2.92. The van der Waals surface area contributed by atoms with Crippen LogP contribution in [-0.4, -0.2) is 50.7 Å². The second kappa shape index (κ2) is 11.4. The summed E-state index contributed by atoms with van der Waals surface area (Å²) in [7, 11) is 1.68. The Morgan fingerprint density at radius 2 is 2.09 bits per heavy atom. The number of hydrogen-bond donors (Lipinski definition) is 1. The Morgan fingerprint density at radius 1 is 1.30 bits per heavy atom. The minimum Gasteiger partial charge on any atom is -0.383 e. The van der Waals surface area contributed by atoms with Gasteiger partial charge < -0.3 is 15.0 Å². The summed E-state index contributed by atoms with van der Waals surface area (Å²) < 4.78 is 5.15. The molecule has 0 radical (unpaired) electrons. The zero-order valence-electron chi connectivity index (χ0n) is 14.0. The first-order valence-electron chi connectivity index (χ1n) is 8.31. The molecule has 1 amide bonds. The molecule has 1 aliphatic heterocycles. The lowest BCUT2D eigenvalue weighted by atomic mass is 10.0. The maximum Gasteiger partial charge on any atom is 0.222 e. The van der Waals surface area contributed by atoms with E-state index in [-0.39, 0.29) is 18.3 Å². The lowest BCUT2D eigenvalue weighted by molar-refractivity contribution is -0.132. The van der Waals surface area contributed by atoms with E-state index in [1.54, 1.807) is 7.11 Å². The van der Waals surface area contributed by atoms with Crippen LogP contribution >= 0.6 is 12.4 Å². The van der Waals surface area contributed by atoms with E-state index in [9.17, 15) is 4.79 Å². The SMILES string of the molecule is COCCN(CCc1ccccc1)C(=O)CCC1CCNC1.Cl. The van der Waals surface area contributed by atoms with Crippen LogP contribution in [0.4, 0.5) is 0 Å². The largest absolute Gasteiger partial charge is 0.383 e. The molecule has 130 valence electrons. The van der Waals surface area contributed by atoms with Crippen LogP contribution in [0.15, 0.2) is 30.3 Å². The van der Waals surface area contributed by atoms with Gasteiger partial charge in [0, 0.05) is 26.6 Å². The summed E-state index contributed by atoms with van der Waals surface area (Å²) >= 11 is 0. The number of carbonyl (C=O) groups is 1. The predicted molar refractivity (Wildman–Crippen MR) is 96.1 cm³/mol. The van der Waals surface area contributed by atoms with Gasteiger partial charge >= 0.3 is 0 Å². The van der Waals surface area contributed by atoms with Crippen molar-refractivity contribution in [2.45, 2.75) is 25.7 Å². The van der Waals surface area contributed by atoms with Gasteiger partial charge in [0.05, 0.1) is 6.61 Å². The van der Waals surface area contributed by atoms with Gasteiger partial charge in [0.15, 0.2) is 0 Å². The molecule has 0 bridgehead atoms. The molecule has 0 spiro atoms. The van der Waals surface area contributed by atoms with Crippen LogP contribution in [0.25, 0.3) is 0 Å². The van der Waals surface area contributed by atoms with E-state index >= 15 is 0 Å². The first-order valence-corrected chi connectivity index (χ1v) is 8.31. The molecule has 1 heterocycles. The molecule has 1 unspecified atom stereocenters. The topological polar surface area (TPSA) is 41.6 Å². The first kappa shape index (κ1) is 19.9. The van der Waals surface area contributed by atoms with Gasteiger partial charge in [-0.2, -0.15) is 0 Å². The van der Waals surface area contributed by atoms with Gasteiger partial charge in [0.2, 0.25) is 5.91 Å². The van der Waals surface area contributed by atoms with Gasteiger partial charge in [0.25, 0.3) is 0 Å². The lowest BCUT2D eigenvalue weighted by Crippen LogP contribution is -2.35. The number of nitrogens with one attached hydrogen (secondary N) is 1. The Balaban J connectivity index is 0.00000264. The Morgan fingerprint density at radius 3 is 2.74 bits per heavy atom. The molecular weight excluding hydrogens is 312 g/mol. The molecule has 1 aromatic rings. The zero-order valence-corrected chi connectivity index (χ0v) is 14.8. The van der Waals surface area contributed by atoms with E-state index in [2.05, 4.69) is 17.4 Å². The number of carbonyl (C=O) groups excluding carboxylic acids is 1. The van der Waals surface area contributed by atoms with Gasteiger partial charge in [-0.1, -0.05) is 30.3 Å². The van der Waals surface area contributed by atoms with Crippen LogP contribution in [-0.2, 0) is 16.0 Å². The van der Waals surface area contributed by atoms with Gasteiger partial charge in [-0.05, 0) is 43.8 Å². The summed E-state index contributed by atoms with van der Waals surface area (Å²) in [6, 6.07) is 10.3. The smallest absolute Gasteiger partial charge is 0.222 e. The maximum atomic E-state index is 12.5. The average molecular weight is 341 g/mol. The number of rotatable bonds is 9. The number of benzene rings is 1. The molecule has 1 aromatic carbocycles. The van der Waals surface area contributed by atoms with Crippen molar-refractivity contribution < 1.29 is 9.53 Å². The molecule has 5 heteroatoms. The number of halogens is 1. The molecule has 0 aromatic heterocycles. The lowest BCUT2D eigenvalue weighted by Gasteiger charge is -2.23. The fourth-order valence-electron chi connectivity index (χ4n) is 2.92. The first-order chi connectivity index (χ1) is 10.8. The molecule has 4 nitrogen and oxygen atoms in total. The monoisotopic (exact) mass is 340 g/mol. The average Bonchev–Trinajstić information content (AvgIpc) is 3.07. The van der Waals surface area contributed by atoms with E-state index in [4.69, 9.17) is 4.74 Å². The molecule has 1 aliphatic rings. The van der Waals surface area contributed by atoms with Crippen LogP contribution in [0.2, 0.25) is 0 Å². The summed E-state index contributed by atoms with van der Waals surface area (Å²) in [6.45, 7) is 4.22. The summed E-state index contributed by atoms with van der Waals surface area (Å²) in [5.74, 6) is 0.933. The number of hydrogen-bond acceptors (Lipinski definition) is 3. The number of ether oxygens (including phenoxy) is 1. The van der Waals surface area contributed by atoms with Crippen molar-refractivity contribution in [2.75, 3.05) is 39.9 Å².